The van der Waals surface area contributed by atoms with Gasteiger partial charge in [0.1, 0.15) is 5.65 Å². The van der Waals surface area contributed by atoms with Gasteiger partial charge in [-0.25, -0.2) is 4.98 Å². The van der Waals surface area contributed by atoms with Crippen molar-refractivity contribution in [3.8, 4) is 0 Å². The van der Waals surface area contributed by atoms with Crippen molar-refractivity contribution in [2.75, 3.05) is 6.54 Å². The minimum atomic E-state index is -0.522. The SMILES string of the molecule is O=C1CC(O)CN1Cc1ccnc2[nH]ccc12. The Morgan fingerprint density at radius 1 is 1.53 bits per heavy atom. The summed E-state index contributed by atoms with van der Waals surface area (Å²) in [5.74, 6) is 0.0120. The van der Waals surface area contributed by atoms with E-state index in [1.807, 2.05) is 18.3 Å². The van der Waals surface area contributed by atoms with Gasteiger partial charge in [-0.3, -0.25) is 4.79 Å². The highest BCUT2D eigenvalue weighted by molar-refractivity contribution is 5.82. The van der Waals surface area contributed by atoms with E-state index in [0.717, 1.165) is 16.6 Å². The van der Waals surface area contributed by atoms with Gasteiger partial charge in [0.15, 0.2) is 0 Å². The fourth-order valence-electron chi connectivity index (χ4n) is 2.27. The zero-order chi connectivity index (χ0) is 11.8. The fourth-order valence-corrected chi connectivity index (χ4v) is 2.27. The number of hydrogen-bond donors (Lipinski definition) is 2. The molecule has 2 N–H and O–H groups in total. The predicted molar refractivity (Wildman–Crippen MR) is 62.1 cm³/mol. The average Bonchev–Trinajstić information content (AvgIpc) is 2.87. The second-order valence-electron chi connectivity index (χ2n) is 4.34. The van der Waals surface area contributed by atoms with Crippen LogP contribution in [0, 0.1) is 0 Å². The highest BCUT2D eigenvalue weighted by atomic mass is 16.3. The molecule has 0 radical (unpaired) electrons. The monoisotopic (exact) mass is 231 g/mol. The molecular formula is C12H13N3O2. The van der Waals surface area contributed by atoms with Crippen molar-refractivity contribution in [3.63, 3.8) is 0 Å². The number of β-amino-alcohol motifs (C(OH)–C–C–N with tert-alkyl or cyclic N) is 1. The van der Waals surface area contributed by atoms with Crippen LogP contribution < -0.4 is 0 Å². The molecule has 5 heteroatoms. The molecule has 17 heavy (non-hydrogen) atoms. The Bertz CT molecular complexity index is 564. The van der Waals surface area contributed by atoms with Gasteiger partial charge < -0.3 is 15.0 Å². The van der Waals surface area contributed by atoms with Gasteiger partial charge in [-0.15, -0.1) is 0 Å². The van der Waals surface area contributed by atoms with Gasteiger partial charge in [-0.2, -0.15) is 0 Å². The van der Waals surface area contributed by atoms with Crippen molar-refractivity contribution >= 4 is 16.9 Å². The van der Waals surface area contributed by atoms with Crippen LogP contribution in [0.15, 0.2) is 24.5 Å². The molecule has 1 aliphatic heterocycles. The van der Waals surface area contributed by atoms with Gasteiger partial charge in [-0.1, -0.05) is 0 Å². The number of rotatable bonds is 2. The molecule has 0 bridgehead atoms. The normalized spacial score (nSPS) is 20.4. The first-order valence-corrected chi connectivity index (χ1v) is 5.61. The lowest BCUT2D eigenvalue weighted by Crippen LogP contribution is -2.25. The first kappa shape index (κ1) is 10.3. The quantitative estimate of drug-likeness (QED) is 0.797. The second-order valence-corrected chi connectivity index (χ2v) is 4.34. The second kappa shape index (κ2) is 3.85. The van der Waals surface area contributed by atoms with Crippen LogP contribution >= 0.6 is 0 Å². The molecule has 0 aromatic carbocycles. The van der Waals surface area contributed by atoms with E-state index < -0.39 is 6.10 Å². The summed E-state index contributed by atoms with van der Waals surface area (Å²) in [5, 5.41) is 10.5. The van der Waals surface area contributed by atoms with Gasteiger partial charge in [0.25, 0.3) is 0 Å². The molecule has 3 heterocycles. The van der Waals surface area contributed by atoms with Crippen LogP contribution in [0.3, 0.4) is 0 Å². The third-order valence-electron chi connectivity index (χ3n) is 3.11. The summed E-state index contributed by atoms with van der Waals surface area (Å²) in [7, 11) is 0. The molecule has 2 aromatic rings. The van der Waals surface area contributed by atoms with E-state index in [1.165, 1.54) is 0 Å². The number of carbonyl (C=O) groups excluding carboxylic acids is 1. The average molecular weight is 231 g/mol. The predicted octanol–water partition coefficient (Wildman–Crippen LogP) is 0.656. The highest BCUT2D eigenvalue weighted by Gasteiger charge is 2.28. The number of aliphatic hydroxyl groups excluding tert-OH is 1. The van der Waals surface area contributed by atoms with Crippen molar-refractivity contribution in [2.45, 2.75) is 19.1 Å². The summed E-state index contributed by atoms with van der Waals surface area (Å²) in [6.45, 7) is 0.958. The van der Waals surface area contributed by atoms with Crippen LogP contribution in [0.1, 0.15) is 12.0 Å². The first-order chi connectivity index (χ1) is 8.24. The summed E-state index contributed by atoms with van der Waals surface area (Å²) >= 11 is 0. The molecule has 0 saturated carbocycles. The summed E-state index contributed by atoms with van der Waals surface area (Å²) in [4.78, 5) is 20.5. The van der Waals surface area contributed by atoms with Crippen LogP contribution in [-0.2, 0) is 11.3 Å². The van der Waals surface area contributed by atoms with Crippen LogP contribution in [-0.4, -0.2) is 38.5 Å². The van der Waals surface area contributed by atoms with E-state index in [9.17, 15) is 9.90 Å². The molecule has 1 aliphatic rings. The van der Waals surface area contributed by atoms with Crippen LogP contribution in [0.5, 0.6) is 0 Å². The Hall–Kier alpha value is -1.88. The number of aromatic amines is 1. The third kappa shape index (κ3) is 1.78. The number of likely N-dealkylation sites (tertiary alicyclic amines) is 1. The number of amides is 1. The molecule has 88 valence electrons. The Kier molecular flexibility index (Phi) is 2.33. The minimum absolute atomic E-state index is 0.0120. The molecule has 1 atom stereocenters. The maximum absolute atomic E-state index is 11.6. The van der Waals surface area contributed by atoms with Crippen LogP contribution in [0.25, 0.3) is 11.0 Å². The van der Waals surface area contributed by atoms with Crippen molar-refractivity contribution in [1.82, 2.24) is 14.9 Å². The van der Waals surface area contributed by atoms with E-state index in [0.29, 0.717) is 13.1 Å². The molecule has 2 aromatic heterocycles. The summed E-state index contributed by atoms with van der Waals surface area (Å²) < 4.78 is 0. The van der Waals surface area contributed by atoms with Crippen molar-refractivity contribution in [1.29, 1.82) is 0 Å². The summed E-state index contributed by atoms with van der Waals surface area (Å²) in [5.41, 5.74) is 1.88. The molecule has 0 spiro atoms. The largest absolute Gasteiger partial charge is 0.391 e. The van der Waals surface area contributed by atoms with Gasteiger partial charge in [-0.05, 0) is 17.7 Å². The van der Waals surface area contributed by atoms with E-state index in [4.69, 9.17) is 0 Å². The number of aliphatic hydroxyl groups is 1. The van der Waals surface area contributed by atoms with E-state index in [-0.39, 0.29) is 12.3 Å². The van der Waals surface area contributed by atoms with Gasteiger partial charge >= 0.3 is 0 Å². The number of nitrogens with zero attached hydrogens (tertiary/aromatic N) is 2. The number of nitrogens with one attached hydrogen (secondary N) is 1. The lowest BCUT2D eigenvalue weighted by molar-refractivity contribution is -0.128. The lowest BCUT2D eigenvalue weighted by Gasteiger charge is -2.16. The summed E-state index contributed by atoms with van der Waals surface area (Å²) in [6.07, 6.45) is 3.28. The fraction of sp³-hybridized carbons (Fsp3) is 0.333. The third-order valence-corrected chi connectivity index (χ3v) is 3.11. The maximum atomic E-state index is 11.6. The molecular weight excluding hydrogens is 218 g/mol. The van der Waals surface area contributed by atoms with Crippen LogP contribution in [0.2, 0.25) is 0 Å². The standard InChI is InChI=1S/C12H13N3O2/c16-9-5-11(17)15(7-9)6-8-1-3-13-12-10(8)2-4-14-12/h1-4,9,16H,5-7H2,(H,13,14). The zero-order valence-electron chi connectivity index (χ0n) is 9.26. The highest BCUT2D eigenvalue weighted by Crippen LogP contribution is 2.20. The molecule has 5 nitrogen and oxygen atoms in total. The van der Waals surface area contributed by atoms with Gasteiger partial charge in [0.05, 0.1) is 12.5 Å². The van der Waals surface area contributed by atoms with E-state index in [2.05, 4.69) is 9.97 Å². The van der Waals surface area contributed by atoms with Gasteiger partial charge in [0, 0.05) is 30.9 Å². The smallest absolute Gasteiger partial charge is 0.225 e. The van der Waals surface area contributed by atoms with Gasteiger partial charge in [0.2, 0.25) is 5.91 Å². The number of hydrogen-bond acceptors (Lipinski definition) is 3. The first-order valence-electron chi connectivity index (χ1n) is 5.61. The number of fused-ring (bicyclic) bond motifs is 1. The molecule has 0 aliphatic carbocycles. The molecule has 3 rings (SSSR count). The van der Waals surface area contributed by atoms with Crippen molar-refractivity contribution in [2.24, 2.45) is 0 Å². The number of H-pyrrole nitrogens is 1. The Morgan fingerprint density at radius 2 is 2.41 bits per heavy atom. The van der Waals surface area contributed by atoms with E-state index in [1.54, 1.807) is 11.1 Å². The number of carbonyl (C=O) groups is 1. The number of aromatic nitrogens is 2. The summed E-state index contributed by atoms with van der Waals surface area (Å²) in [6, 6.07) is 3.86. The van der Waals surface area contributed by atoms with E-state index >= 15 is 0 Å². The lowest BCUT2D eigenvalue weighted by atomic mass is 10.2. The Balaban J connectivity index is 1.90. The number of pyridine rings is 1. The van der Waals surface area contributed by atoms with Crippen molar-refractivity contribution in [3.05, 3.63) is 30.1 Å². The van der Waals surface area contributed by atoms with Crippen LogP contribution in [0.4, 0.5) is 0 Å². The minimum Gasteiger partial charge on any atom is -0.391 e. The Labute approximate surface area is 98.1 Å². The Morgan fingerprint density at radius 3 is 3.18 bits per heavy atom. The molecule has 1 unspecified atom stereocenters. The zero-order valence-corrected chi connectivity index (χ0v) is 9.26. The molecule has 1 amide bonds. The molecule has 1 fully saturated rings. The van der Waals surface area contributed by atoms with Crippen molar-refractivity contribution < 1.29 is 9.90 Å². The maximum Gasteiger partial charge on any atom is 0.225 e. The molecule has 1 saturated heterocycles. The topological polar surface area (TPSA) is 69.2 Å².